The third-order valence-corrected chi connectivity index (χ3v) is 3.95. The molecule has 1 heterocycles. The lowest BCUT2D eigenvalue weighted by Crippen LogP contribution is -2.06. The van der Waals surface area contributed by atoms with Gasteiger partial charge in [-0.25, -0.2) is 4.79 Å². The molecule has 0 aromatic heterocycles. The highest BCUT2D eigenvalue weighted by Crippen LogP contribution is 2.25. The second-order valence-electron chi connectivity index (χ2n) is 4.07. The van der Waals surface area contributed by atoms with Gasteiger partial charge in [-0.1, -0.05) is 12.1 Å². The molecule has 0 radical (unpaired) electrons. The maximum Gasteiger partial charge on any atom is 0.336 e. The van der Waals surface area contributed by atoms with Crippen LogP contribution in [-0.4, -0.2) is 29.5 Å². The summed E-state index contributed by atoms with van der Waals surface area (Å²) in [5, 5.41) is 9.04. The molecule has 17 heavy (non-hydrogen) atoms. The Morgan fingerprint density at radius 3 is 3.00 bits per heavy atom. The molecule has 1 aliphatic rings. The smallest absolute Gasteiger partial charge is 0.336 e. The minimum atomic E-state index is -0.856. The van der Waals surface area contributed by atoms with Gasteiger partial charge in [0.1, 0.15) is 0 Å². The van der Waals surface area contributed by atoms with E-state index in [9.17, 15) is 4.79 Å². The molecule has 2 rings (SSSR count). The third kappa shape index (κ3) is 3.48. The lowest BCUT2D eigenvalue weighted by atomic mass is 10.2. The molecule has 4 heteroatoms. The zero-order valence-electron chi connectivity index (χ0n) is 9.59. The summed E-state index contributed by atoms with van der Waals surface area (Å²) < 4.78 is 5.54. The molecular formula is C13H16O3S. The summed E-state index contributed by atoms with van der Waals surface area (Å²) >= 11 is 1.60. The summed E-state index contributed by atoms with van der Waals surface area (Å²) in [7, 11) is 0. The zero-order chi connectivity index (χ0) is 12.1. The number of hydrogen-bond donors (Lipinski definition) is 1. The Labute approximate surface area is 105 Å². The molecule has 1 unspecified atom stereocenters. The maximum absolute atomic E-state index is 11.0. The number of ether oxygens (including phenoxy) is 1. The number of carbonyl (C=O) groups is 1. The first-order valence-corrected chi connectivity index (χ1v) is 6.82. The van der Waals surface area contributed by atoms with Gasteiger partial charge in [-0.2, -0.15) is 0 Å². The van der Waals surface area contributed by atoms with Crippen LogP contribution in [0.5, 0.6) is 0 Å². The Kier molecular flexibility index (Phi) is 4.45. The number of hydrogen-bond acceptors (Lipinski definition) is 3. The summed E-state index contributed by atoms with van der Waals surface area (Å²) in [6, 6.07) is 7.15. The van der Waals surface area contributed by atoms with E-state index in [2.05, 4.69) is 0 Å². The van der Waals surface area contributed by atoms with Crippen LogP contribution in [0.1, 0.15) is 29.6 Å². The standard InChI is InChI=1S/C13H16O3S/c14-13(15)11-5-1-2-6-12(11)17-9-7-10-4-3-8-16-10/h1-2,5-6,10H,3-4,7-9H2,(H,14,15). The van der Waals surface area contributed by atoms with Gasteiger partial charge in [-0.3, -0.25) is 0 Å². The van der Waals surface area contributed by atoms with E-state index in [0.29, 0.717) is 11.7 Å². The quantitative estimate of drug-likeness (QED) is 0.818. The van der Waals surface area contributed by atoms with Crippen molar-refractivity contribution in [2.24, 2.45) is 0 Å². The van der Waals surface area contributed by atoms with E-state index in [1.165, 1.54) is 0 Å². The molecule has 0 bridgehead atoms. The van der Waals surface area contributed by atoms with Crippen molar-refractivity contribution in [1.29, 1.82) is 0 Å². The van der Waals surface area contributed by atoms with Crippen molar-refractivity contribution < 1.29 is 14.6 Å². The Balaban J connectivity index is 1.87. The predicted molar refractivity (Wildman–Crippen MR) is 67.7 cm³/mol. The molecule has 1 saturated heterocycles. The van der Waals surface area contributed by atoms with Crippen molar-refractivity contribution in [3.63, 3.8) is 0 Å². The first kappa shape index (κ1) is 12.5. The van der Waals surface area contributed by atoms with Crippen molar-refractivity contribution in [3.05, 3.63) is 29.8 Å². The molecule has 1 N–H and O–H groups in total. The van der Waals surface area contributed by atoms with Crippen LogP contribution in [0.15, 0.2) is 29.2 Å². The fourth-order valence-electron chi connectivity index (χ4n) is 1.94. The van der Waals surface area contributed by atoms with Gasteiger partial charge in [0.05, 0.1) is 11.7 Å². The monoisotopic (exact) mass is 252 g/mol. The number of carboxylic acids is 1. The highest BCUT2D eigenvalue weighted by atomic mass is 32.2. The summed E-state index contributed by atoms with van der Waals surface area (Å²) in [5.74, 6) is 0.0554. The molecule has 1 fully saturated rings. The van der Waals surface area contributed by atoms with Crippen molar-refractivity contribution in [2.75, 3.05) is 12.4 Å². The van der Waals surface area contributed by atoms with Crippen molar-refractivity contribution in [3.8, 4) is 0 Å². The van der Waals surface area contributed by atoms with Crippen LogP contribution < -0.4 is 0 Å². The Morgan fingerprint density at radius 2 is 2.29 bits per heavy atom. The fraction of sp³-hybridized carbons (Fsp3) is 0.462. The number of benzene rings is 1. The third-order valence-electron chi connectivity index (χ3n) is 2.84. The van der Waals surface area contributed by atoms with Crippen molar-refractivity contribution >= 4 is 17.7 Å². The molecule has 3 nitrogen and oxygen atoms in total. The SMILES string of the molecule is O=C(O)c1ccccc1SCCC1CCCO1. The van der Waals surface area contributed by atoms with Gasteiger partial charge < -0.3 is 9.84 Å². The van der Waals surface area contributed by atoms with Gasteiger partial charge in [0.15, 0.2) is 0 Å². The molecule has 1 aliphatic heterocycles. The summed E-state index contributed by atoms with van der Waals surface area (Å²) in [6.45, 7) is 0.876. The first-order valence-electron chi connectivity index (χ1n) is 5.84. The summed E-state index contributed by atoms with van der Waals surface area (Å²) in [6.07, 6.45) is 3.67. The second-order valence-corrected chi connectivity index (χ2v) is 5.21. The summed E-state index contributed by atoms with van der Waals surface area (Å²) in [5.41, 5.74) is 0.393. The average Bonchev–Trinajstić information content (AvgIpc) is 2.82. The van der Waals surface area contributed by atoms with Gasteiger partial charge in [-0.15, -0.1) is 11.8 Å². The van der Waals surface area contributed by atoms with Gasteiger partial charge in [0, 0.05) is 17.3 Å². The van der Waals surface area contributed by atoms with Crippen LogP contribution >= 0.6 is 11.8 Å². The molecular weight excluding hydrogens is 236 g/mol. The number of aromatic carboxylic acids is 1. The van der Waals surface area contributed by atoms with Crippen LogP contribution in [0.25, 0.3) is 0 Å². The van der Waals surface area contributed by atoms with E-state index in [1.54, 1.807) is 23.9 Å². The lowest BCUT2D eigenvalue weighted by Gasteiger charge is -2.09. The Hall–Kier alpha value is -1.00. The topological polar surface area (TPSA) is 46.5 Å². The number of thioether (sulfide) groups is 1. The Morgan fingerprint density at radius 1 is 1.47 bits per heavy atom. The highest BCUT2D eigenvalue weighted by Gasteiger charge is 2.15. The van der Waals surface area contributed by atoms with Crippen LogP contribution in [0.3, 0.4) is 0 Å². The maximum atomic E-state index is 11.0. The van der Waals surface area contributed by atoms with E-state index in [1.807, 2.05) is 12.1 Å². The summed E-state index contributed by atoms with van der Waals surface area (Å²) in [4.78, 5) is 11.8. The zero-order valence-corrected chi connectivity index (χ0v) is 10.4. The second kappa shape index (κ2) is 6.07. The number of carboxylic acid groups (broad SMARTS) is 1. The van der Waals surface area contributed by atoms with E-state index in [0.717, 1.165) is 36.5 Å². The van der Waals surface area contributed by atoms with Crippen LogP contribution in [-0.2, 0) is 4.74 Å². The molecule has 0 aliphatic carbocycles. The molecule has 1 aromatic rings. The average molecular weight is 252 g/mol. The van der Waals surface area contributed by atoms with Gasteiger partial charge in [-0.05, 0) is 31.4 Å². The van der Waals surface area contributed by atoms with E-state index < -0.39 is 5.97 Å². The van der Waals surface area contributed by atoms with Gasteiger partial charge in [0.25, 0.3) is 0 Å². The molecule has 1 atom stereocenters. The molecule has 0 amide bonds. The Bertz CT molecular complexity index is 386. The number of rotatable bonds is 5. The molecule has 92 valence electrons. The van der Waals surface area contributed by atoms with E-state index >= 15 is 0 Å². The minimum absolute atomic E-state index is 0.375. The van der Waals surface area contributed by atoms with Crippen molar-refractivity contribution in [2.45, 2.75) is 30.3 Å². The van der Waals surface area contributed by atoms with Crippen LogP contribution in [0, 0.1) is 0 Å². The molecule has 0 saturated carbocycles. The molecule has 0 spiro atoms. The normalized spacial score (nSPS) is 19.4. The largest absolute Gasteiger partial charge is 0.478 e. The van der Waals surface area contributed by atoms with Crippen LogP contribution in [0.4, 0.5) is 0 Å². The predicted octanol–water partition coefficient (Wildman–Crippen LogP) is 3.05. The first-order chi connectivity index (χ1) is 8.27. The lowest BCUT2D eigenvalue weighted by molar-refractivity contribution is 0.0693. The van der Waals surface area contributed by atoms with Crippen molar-refractivity contribution in [1.82, 2.24) is 0 Å². The van der Waals surface area contributed by atoms with E-state index in [-0.39, 0.29) is 0 Å². The van der Waals surface area contributed by atoms with E-state index in [4.69, 9.17) is 9.84 Å². The van der Waals surface area contributed by atoms with Gasteiger partial charge >= 0.3 is 5.97 Å². The fourth-order valence-corrected chi connectivity index (χ4v) is 3.03. The molecule has 1 aromatic carbocycles. The van der Waals surface area contributed by atoms with Crippen LogP contribution in [0.2, 0.25) is 0 Å². The van der Waals surface area contributed by atoms with Gasteiger partial charge in [0.2, 0.25) is 0 Å². The minimum Gasteiger partial charge on any atom is -0.478 e. The highest BCUT2D eigenvalue weighted by molar-refractivity contribution is 7.99.